The number of nitrogens with one attached hydrogen (secondary N) is 1. The molecular formula is C15H21N3O. The number of amides is 1. The lowest BCUT2D eigenvalue weighted by molar-refractivity contribution is -0.115. The van der Waals surface area contributed by atoms with Crippen molar-refractivity contribution in [1.82, 2.24) is 0 Å². The van der Waals surface area contributed by atoms with Crippen molar-refractivity contribution in [3.05, 3.63) is 17.7 Å². The third kappa shape index (κ3) is 1.95. The Bertz CT molecular complexity index is 526. The Morgan fingerprint density at radius 1 is 1.42 bits per heavy atom. The van der Waals surface area contributed by atoms with Crippen LogP contribution in [0.25, 0.3) is 0 Å². The number of carbonyl (C=O) groups excluding carboxylic acids is 1. The van der Waals surface area contributed by atoms with Gasteiger partial charge in [0.2, 0.25) is 5.91 Å². The van der Waals surface area contributed by atoms with Crippen molar-refractivity contribution in [2.45, 2.75) is 51.6 Å². The highest BCUT2D eigenvalue weighted by molar-refractivity contribution is 6.01. The van der Waals surface area contributed by atoms with Gasteiger partial charge >= 0.3 is 0 Å². The van der Waals surface area contributed by atoms with Gasteiger partial charge in [0, 0.05) is 17.8 Å². The summed E-state index contributed by atoms with van der Waals surface area (Å²) >= 11 is 0. The second-order valence-electron chi connectivity index (χ2n) is 5.69. The van der Waals surface area contributed by atoms with E-state index in [1.165, 1.54) is 12.8 Å². The highest BCUT2D eigenvalue weighted by Gasteiger charge is 2.31. The molecule has 1 fully saturated rings. The fourth-order valence-electron chi connectivity index (χ4n) is 3.41. The van der Waals surface area contributed by atoms with Crippen LogP contribution in [-0.2, 0) is 11.2 Å². The van der Waals surface area contributed by atoms with E-state index in [1.54, 1.807) is 0 Å². The summed E-state index contributed by atoms with van der Waals surface area (Å²) in [6, 6.07) is 5.09. The van der Waals surface area contributed by atoms with Gasteiger partial charge < -0.3 is 16.0 Å². The predicted molar refractivity (Wildman–Crippen MR) is 78.4 cm³/mol. The van der Waals surface area contributed by atoms with Crippen molar-refractivity contribution in [3.8, 4) is 0 Å². The van der Waals surface area contributed by atoms with Gasteiger partial charge in [-0.2, -0.15) is 0 Å². The van der Waals surface area contributed by atoms with Crippen molar-refractivity contribution in [2.24, 2.45) is 0 Å². The molecule has 0 radical (unpaired) electrons. The summed E-state index contributed by atoms with van der Waals surface area (Å²) < 4.78 is 0. The molecule has 0 spiro atoms. The Kier molecular flexibility index (Phi) is 2.88. The van der Waals surface area contributed by atoms with Crippen LogP contribution in [0.5, 0.6) is 0 Å². The molecule has 1 saturated heterocycles. The van der Waals surface area contributed by atoms with Crippen LogP contribution in [0.15, 0.2) is 12.1 Å². The van der Waals surface area contributed by atoms with E-state index < -0.39 is 0 Å². The zero-order chi connectivity index (χ0) is 13.6. The maximum atomic E-state index is 11.5. The van der Waals surface area contributed by atoms with Crippen molar-refractivity contribution in [2.75, 3.05) is 16.0 Å². The van der Waals surface area contributed by atoms with Crippen LogP contribution >= 0.6 is 0 Å². The number of anilines is 3. The molecule has 4 heteroatoms. The maximum absolute atomic E-state index is 11.5. The monoisotopic (exact) mass is 259 g/mol. The molecule has 102 valence electrons. The van der Waals surface area contributed by atoms with E-state index in [1.807, 2.05) is 6.07 Å². The molecule has 2 aliphatic rings. The van der Waals surface area contributed by atoms with Gasteiger partial charge in [0.15, 0.2) is 0 Å². The van der Waals surface area contributed by atoms with E-state index in [2.05, 4.69) is 30.1 Å². The van der Waals surface area contributed by atoms with Crippen LogP contribution in [0.4, 0.5) is 17.1 Å². The quantitative estimate of drug-likeness (QED) is 0.802. The fraction of sp³-hybridized carbons (Fsp3) is 0.533. The number of nitrogens with two attached hydrogens (primary N) is 1. The molecule has 3 rings (SSSR count). The number of nitrogens with zero attached hydrogens (tertiary/aromatic N) is 1. The molecular weight excluding hydrogens is 238 g/mol. The first kappa shape index (κ1) is 12.3. The minimum atomic E-state index is 0.0630. The molecule has 1 aromatic carbocycles. The van der Waals surface area contributed by atoms with E-state index in [0.717, 1.165) is 29.0 Å². The lowest BCUT2D eigenvalue weighted by Gasteiger charge is -2.31. The third-order valence-electron chi connectivity index (χ3n) is 4.41. The number of benzene rings is 1. The van der Waals surface area contributed by atoms with Gasteiger partial charge in [-0.15, -0.1) is 0 Å². The smallest absolute Gasteiger partial charge is 0.228 e. The number of nitrogen functional groups attached to an aromatic ring is 1. The molecule has 0 aliphatic carbocycles. The van der Waals surface area contributed by atoms with Gasteiger partial charge in [-0.1, -0.05) is 6.92 Å². The minimum Gasteiger partial charge on any atom is -0.397 e. The standard InChI is InChI=1S/C15H21N3O/c1-3-11-5-4-9(2)18(11)14-8-13-10(6-12(14)16)7-15(19)17-13/h6,8-9,11H,3-5,7,16H2,1-2H3,(H,17,19). The average molecular weight is 259 g/mol. The molecule has 4 nitrogen and oxygen atoms in total. The maximum Gasteiger partial charge on any atom is 0.228 e. The second-order valence-corrected chi connectivity index (χ2v) is 5.69. The van der Waals surface area contributed by atoms with E-state index in [4.69, 9.17) is 5.73 Å². The minimum absolute atomic E-state index is 0.0630. The Labute approximate surface area is 114 Å². The van der Waals surface area contributed by atoms with Crippen LogP contribution in [0.1, 0.15) is 38.7 Å². The van der Waals surface area contributed by atoms with Gasteiger partial charge in [0.1, 0.15) is 0 Å². The third-order valence-corrected chi connectivity index (χ3v) is 4.41. The van der Waals surface area contributed by atoms with E-state index >= 15 is 0 Å². The van der Waals surface area contributed by atoms with Crippen LogP contribution in [0.2, 0.25) is 0 Å². The van der Waals surface area contributed by atoms with Gasteiger partial charge in [-0.25, -0.2) is 0 Å². The summed E-state index contributed by atoms with van der Waals surface area (Å²) in [6.45, 7) is 4.47. The Morgan fingerprint density at radius 3 is 2.95 bits per heavy atom. The van der Waals surface area contributed by atoms with Crippen molar-refractivity contribution >= 4 is 23.0 Å². The molecule has 1 aromatic rings. The van der Waals surface area contributed by atoms with Crippen LogP contribution in [-0.4, -0.2) is 18.0 Å². The van der Waals surface area contributed by atoms with Gasteiger partial charge in [-0.3, -0.25) is 4.79 Å². The topological polar surface area (TPSA) is 58.4 Å². The molecule has 0 saturated carbocycles. The molecule has 0 aromatic heterocycles. The summed E-state index contributed by atoms with van der Waals surface area (Å²) in [5.41, 5.74) is 10.0. The summed E-state index contributed by atoms with van der Waals surface area (Å²) in [4.78, 5) is 13.9. The molecule has 2 aliphatic heterocycles. The van der Waals surface area contributed by atoms with Gasteiger partial charge in [0.05, 0.1) is 17.8 Å². The number of carbonyl (C=O) groups is 1. The van der Waals surface area contributed by atoms with Gasteiger partial charge in [-0.05, 0) is 43.9 Å². The second kappa shape index (κ2) is 4.44. The van der Waals surface area contributed by atoms with E-state index in [0.29, 0.717) is 18.5 Å². The number of hydrogen-bond donors (Lipinski definition) is 2. The SMILES string of the molecule is CCC1CCC(C)N1c1cc2c(cc1N)CC(=O)N2. The summed E-state index contributed by atoms with van der Waals surface area (Å²) in [5, 5.41) is 2.91. The fourth-order valence-corrected chi connectivity index (χ4v) is 3.41. The number of fused-ring (bicyclic) bond motifs is 1. The highest BCUT2D eigenvalue weighted by Crippen LogP contribution is 2.39. The summed E-state index contributed by atoms with van der Waals surface area (Å²) in [6.07, 6.45) is 4.02. The lowest BCUT2D eigenvalue weighted by Crippen LogP contribution is -2.34. The van der Waals surface area contributed by atoms with Crippen LogP contribution < -0.4 is 16.0 Å². The van der Waals surface area contributed by atoms with E-state index in [9.17, 15) is 4.79 Å². The Hall–Kier alpha value is -1.71. The first-order chi connectivity index (χ1) is 9.10. The molecule has 1 amide bonds. The first-order valence-electron chi connectivity index (χ1n) is 7.10. The number of hydrogen-bond acceptors (Lipinski definition) is 3. The molecule has 0 bridgehead atoms. The molecule has 2 unspecified atom stereocenters. The summed E-state index contributed by atoms with van der Waals surface area (Å²) in [7, 11) is 0. The highest BCUT2D eigenvalue weighted by atomic mass is 16.1. The zero-order valence-corrected chi connectivity index (χ0v) is 11.6. The first-order valence-corrected chi connectivity index (χ1v) is 7.10. The van der Waals surface area contributed by atoms with Gasteiger partial charge in [0.25, 0.3) is 0 Å². The van der Waals surface area contributed by atoms with Crippen molar-refractivity contribution in [1.29, 1.82) is 0 Å². The largest absolute Gasteiger partial charge is 0.397 e. The average Bonchev–Trinajstić information content (AvgIpc) is 2.90. The predicted octanol–water partition coefficient (Wildman–Crippen LogP) is 2.53. The normalized spacial score (nSPS) is 25.6. The van der Waals surface area contributed by atoms with Crippen molar-refractivity contribution in [3.63, 3.8) is 0 Å². The molecule has 19 heavy (non-hydrogen) atoms. The molecule has 2 heterocycles. The lowest BCUT2D eigenvalue weighted by atomic mass is 10.1. The molecule has 2 atom stereocenters. The summed E-state index contributed by atoms with van der Waals surface area (Å²) in [5.74, 6) is 0.0630. The van der Waals surface area contributed by atoms with Crippen LogP contribution in [0.3, 0.4) is 0 Å². The van der Waals surface area contributed by atoms with Crippen LogP contribution in [0, 0.1) is 0 Å². The Morgan fingerprint density at radius 2 is 2.21 bits per heavy atom. The Balaban J connectivity index is 2.01. The van der Waals surface area contributed by atoms with Crippen molar-refractivity contribution < 1.29 is 4.79 Å². The van der Waals surface area contributed by atoms with E-state index in [-0.39, 0.29) is 5.91 Å². The zero-order valence-electron chi connectivity index (χ0n) is 11.6. The molecule has 3 N–H and O–H groups in total. The number of rotatable bonds is 2.